The topological polar surface area (TPSA) is 65.0 Å². The van der Waals surface area contributed by atoms with Crippen LogP contribution in [0.15, 0.2) is 59.0 Å². The van der Waals surface area contributed by atoms with E-state index in [1.54, 1.807) is 43.5 Å². The third kappa shape index (κ3) is 3.01. The molecule has 0 saturated heterocycles. The van der Waals surface area contributed by atoms with E-state index < -0.39 is 10.3 Å². The van der Waals surface area contributed by atoms with Gasteiger partial charge in [0.1, 0.15) is 5.75 Å². The first-order chi connectivity index (χ1) is 10.6. The Labute approximate surface area is 128 Å². The predicted molar refractivity (Wildman–Crippen MR) is 84.6 cm³/mol. The van der Waals surface area contributed by atoms with Crippen molar-refractivity contribution >= 4 is 22.1 Å². The molecule has 0 saturated carbocycles. The van der Waals surface area contributed by atoms with Gasteiger partial charge in [-0.1, -0.05) is 30.3 Å². The van der Waals surface area contributed by atoms with Crippen LogP contribution < -0.4 is 8.92 Å². The molecule has 0 N–H and O–H groups in total. The van der Waals surface area contributed by atoms with Crippen molar-refractivity contribution in [1.29, 1.82) is 0 Å². The largest absolute Gasteiger partial charge is 0.497 e. The first-order valence-corrected chi connectivity index (χ1v) is 7.90. The molecule has 1 heterocycles. The van der Waals surface area contributed by atoms with Gasteiger partial charge in [0.05, 0.1) is 12.8 Å². The van der Waals surface area contributed by atoms with Crippen LogP contribution >= 0.6 is 0 Å². The Bertz CT molecular complexity index is 852. The highest BCUT2D eigenvalue weighted by Gasteiger charge is 2.22. The molecule has 1 aliphatic rings. The van der Waals surface area contributed by atoms with E-state index in [0.717, 1.165) is 11.3 Å². The van der Waals surface area contributed by atoms with Crippen molar-refractivity contribution in [1.82, 2.24) is 0 Å². The lowest BCUT2D eigenvalue weighted by Gasteiger charge is -2.14. The Hall–Kier alpha value is -2.60. The second-order valence-electron chi connectivity index (χ2n) is 4.59. The lowest BCUT2D eigenvalue weighted by Crippen LogP contribution is -2.17. The SMILES string of the molecule is COc1ccc(C=CC2=NS(=O)(=O)Oc3ccccc32)cc1. The summed E-state index contributed by atoms with van der Waals surface area (Å²) < 4.78 is 36.9. The minimum atomic E-state index is -3.94. The summed E-state index contributed by atoms with van der Waals surface area (Å²) >= 11 is 0. The Morgan fingerprint density at radius 1 is 1.05 bits per heavy atom. The van der Waals surface area contributed by atoms with Crippen molar-refractivity contribution < 1.29 is 17.3 Å². The number of para-hydroxylation sites is 1. The zero-order chi connectivity index (χ0) is 15.6. The van der Waals surface area contributed by atoms with Crippen LogP contribution in [0, 0.1) is 0 Å². The maximum atomic E-state index is 11.7. The summed E-state index contributed by atoms with van der Waals surface area (Å²) in [6.45, 7) is 0. The minimum absolute atomic E-state index is 0.284. The normalized spacial score (nSPS) is 15.8. The average molecular weight is 315 g/mol. The minimum Gasteiger partial charge on any atom is -0.497 e. The summed E-state index contributed by atoms with van der Waals surface area (Å²) in [4.78, 5) is 0. The third-order valence-corrected chi connectivity index (χ3v) is 3.93. The van der Waals surface area contributed by atoms with Crippen LogP contribution in [-0.2, 0) is 10.3 Å². The maximum Gasteiger partial charge on any atom is 0.429 e. The van der Waals surface area contributed by atoms with Crippen molar-refractivity contribution in [2.24, 2.45) is 4.40 Å². The van der Waals surface area contributed by atoms with Gasteiger partial charge in [0, 0.05) is 5.56 Å². The van der Waals surface area contributed by atoms with Crippen molar-refractivity contribution in [2.45, 2.75) is 0 Å². The molecule has 0 aromatic heterocycles. The first-order valence-electron chi connectivity index (χ1n) is 6.53. The summed E-state index contributed by atoms with van der Waals surface area (Å²) in [5, 5.41) is 0. The van der Waals surface area contributed by atoms with Crippen LogP contribution in [0.3, 0.4) is 0 Å². The van der Waals surface area contributed by atoms with Gasteiger partial charge in [-0.3, -0.25) is 0 Å². The van der Waals surface area contributed by atoms with Gasteiger partial charge in [-0.25, -0.2) is 0 Å². The molecule has 0 fully saturated rings. The second-order valence-corrected chi connectivity index (χ2v) is 5.79. The number of rotatable bonds is 3. The molecule has 0 aliphatic carbocycles. The van der Waals surface area contributed by atoms with Gasteiger partial charge in [-0.2, -0.15) is 8.42 Å². The molecule has 112 valence electrons. The van der Waals surface area contributed by atoms with E-state index in [1.807, 2.05) is 24.3 Å². The van der Waals surface area contributed by atoms with Crippen LogP contribution in [0.25, 0.3) is 6.08 Å². The summed E-state index contributed by atoms with van der Waals surface area (Å²) in [7, 11) is -2.34. The van der Waals surface area contributed by atoms with Crippen LogP contribution in [0.5, 0.6) is 11.5 Å². The molecule has 5 nitrogen and oxygen atoms in total. The molecule has 1 aliphatic heterocycles. The number of nitrogens with zero attached hydrogens (tertiary/aromatic N) is 1. The van der Waals surface area contributed by atoms with Crippen LogP contribution in [0.2, 0.25) is 0 Å². The molecular weight excluding hydrogens is 302 g/mol. The molecule has 2 aromatic carbocycles. The molecule has 3 rings (SSSR count). The van der Waals surface area contributed by atoms with Crippen molar-refractivity contribution in [3.05, 3.63) is 65.7 Å². The standard InChI is InChI=1S/C16H13NO4S/c1-20-13-9-6-12(7-10-13)8-11-15-14-4-2-3-5-16(14)21-22(18,19)17-15/h2-11H,1H3. The molecule has 22 heavy (non-hydrogen) atoms. The van der Waals surface area contributed by atoms with E-state index in [1.165, 1.54) is 0 Å². The molecule has 0 bridgehead atoms. The van der Waals surface area contributed by atoms with Crippen molar-refractivity contribution in [3.8, 4) is 11.5 Å². The molecule has 0 amide bonds. The summed E-state index contributed by atoms with van der Waals surface area (Å²) in [5.41, 5.74) is 1.89. The fourth-order valence-electron chi connectivity index (χ4n) is 2.06. The van der Waals surface area contributed by atoms with Crippen molar-refractivity contribution in [3.63, 3.8) is 0 Å². The van der Waals surface area contributed by atoms with E-state index in [9.17, 15) is 8.42 Å². The number of fused-ring (bicyclic) bond motifs is 1. The number of allylic oxidation sites excluding steroid dienone is 1. The monoisotopic (exact) mass is 315 g/mol. The lowest BCUT2D eigenvalue weighted by atomic mass is 10.1. The van der Waals surface area contributed by atoms with E-state index in [0.29, 0.717) is 11.3 Å². The molecule has 6 heteroatoms. The highest BCUT2D eigenvalue weighted by atomic mass is 32.2. The van der Waals surface area contributed by atoms with Gasteiger partial charge >= 0.3 is 10.3 Å². The summed E-state index contributed by atoms with van der Waals surface area (Å²) in [6, 6.07) is 14.3. The number of hydrogen-bond donors (Lipinski definition) is 0. The van der Waals surface area contributed by atoms with Gasteiger partial charge in [0.15, 0.2) is 5.75 Å². The van der Waals surface area contributed by atoms with Gasteiger partial charge in [-0.15, -0.1) is 4.40 Å². The van der Waals surface area contributed by atoms with Gasteiger partial charge in [0.2, 0.25) is 0 Å². The number of ether oxygens (including phenoxy) is 1. The number of methoxy groups -OCH3 is 1. The highest BCUT2D eigenvalue weighted by Crippen LogP contribution is 2.26. The smallest absolute Gasteiger partial charge is 0.429 e. The maximum absolute atomic E-state index is 11.7. The van der Waals surface area contributed by atoms with Crippen molar-refractivity contribution in [2.75, 3.05) is 7.11 Å². The van der Waals surface area contributed by atoms with Crippen LogP contribution in [0.1, 0.15) is 11.1 Å². The Balaban J connectivity index is 1.95. The Morgan fingerprint density at radius 2 is 1.77 bits per heavy atom. The fourth-order valence-corrected chi connectivity index (χ4v) is 2.87. The molecule has 0 unspecified atom stereocenters. The van der Waals surface area contributed by atoms with Crippen LogP contribution in [0.4, 0.5) is 0 Å². The quantitative estimate of drug-likeness (QED) is 0.873. The lowest BCUT2D eigenvalue weighted by molar-refractivity contribution is 0.415. The zero-order valence-corrected chi connectivity index (χ0v) is 12.6. The Kier molecular flexibility index (Phi) is 3.68. The van der Waals surface area contributed by atoms with Gasteiger partial charge in [-0.05, 0) is 35.9 Å². The second kappa shape index (κ2) is 5.65. The molecule has 0 atom stereocenters. The Morgan fingerprint density at radius 3 is 2.50 bits per heavy atom. The first kappa shape index (κ1) is 14.3. The average Bonchev–Trinajstić information content (AvgIpc) is 2.52. The highest BCUT2D eigenvalue weighted by molar-refractivity contribution is 7.86. The fraction of sp³-hybridized carbons (Fsp3) is 0.0625. The number of hydrogen-bond acceptors (Lipinski definition) is 4. The molecule has 0 radical (unpaired) electrons. The third-order valence-electron chi connectivity index (χ3n) is 3.12. The van der Waals surface area contributed by atoms with E-state index in [-0.39, 0.29) is 5.75 Å². The number of benzene rings is 2. The molecule has 0 spiro atoms. The van der Waals surface area contributed by atoms with Gasteiger partial charge < -0.3 is 8.92 Å². The van der Waals surface area contributed by atoms with E-state index >= 15 is 0 Å². The van der Waals surface area contributed by atoms with Gasteiger partial charge in [0.25, 0.3) is 0 Å². The van der Waals surface area contributed by atoms with E-state index in [4.69, 9.17) is 8.92 Å². The predicted octanol–water partition coefficient (Wildman–Crippen LogP) is 2.83. The van der Waals surface area contributed by atoms with E-state index in [2.05, 4.69) is 4.40 Å². The zero-order valence-electron chi connectivity index (χ0n) is 11.8. The molecule has 2 aromatic rings. The van der Waals surface area contributed by atoms with Crippen LogP contribution in [-0.4, -0.2) is 21.2 Å². The molecular formula is C16H13NO4S. The summed E-state index contributed by atoms with van der Waals surface area (Å²) in [5.74, 6) is 1.04. The summed E-state index contributed by atoms with van der Waals surface area (Å²) in [6.07, 6.45) is 3.44.